The Morgan fingerprint density at radius 3 is 2.42 bits per heavy atom. The lowest BCUT2D eigenvalue weighted by molar-refractivity contribution is -0.122. The molecule has 0 spiro atoms. The second-order valence-corrected chi connectivity index (χ2v) is 3.32. The van der Waals surface area contributed by atoms with E-state index in [1.165, 1.54) is 0 Å². The summed E-state index contributed by atoms with van der Waals surface area (Å²) >= 11 is 0. The number of hydrogen-bond donors (Lipinski definition) is 1. The van der Waals surface area contributed by atoms with Gasteiger partial charge in [0.05, 0.1) is 5.60 Å². The first kappa shape index (κ1) is 11.4. The van der Waals surface area contributed by atoms with Gasteiger partial charge in [-0.2, -0.15) is 0 Å². The first-order valence-corrected chi connectivity index (χ1v) is 4.42. The first-order valence-electron chi connectivity index (χ1n) is 4.42. The summed E-state index contributed by atoms with van der Waals surface area (Å²) in [6, 6.07) is 0. The van der Waals surface area contributed by atoms with Crippen LogP contribution in [0.25, 0.3) is 0 Å². The fraction of sp³-hybridized carbons (Fsp3) is 0.889. The van der Waals surface area contributed by atoms with E-state index in [1.54, 1.807) is 0 Å². The van der Waals surface area contributed by atoms with Crippen molar-refractivity contribution in [2.45, 2.75) is 39.7 Å². The van der Waals surface area contributed by atoms with E-state index < -0.39 is 0 Å². The second-order valence-electron chi connectivity index (χ2n) is 3.32. The summed E-state index contributed by atoms with van der Waals surface area (Å²) in [6.07, 6.45) is 0.530. The molecule has 0 aromatic carbocycles. The van der Waals surface area contributed by atoms with Crippen molar-refractivity contribution in [3.63, 3.8) is 0 Å². The van der Waals surface area contributed by atoms with E-state index in [2.05, 4.69) is 5.32 Å². The summed E-state index contributed by atoms with van der Waals surface area (Å²) in [5.41, 5.74) is -0.250. The maximum atomic E-state index is 10.9. The Labute approximate surface area is 74.5 Å². The molecule has 72 valence electrons. The predicted molar refractivity (Wildman–Crippen MR) is 49.0 cm³/mol. The molecule has 3 nitrogen and oxygen atoms in total. The first-order chi connectivity index (χ1) is 5.52. The van der Waals surface area contributed by atoms with E-state index in [4.69, 9.17) is 4.74 Å². The number of carbonyl (C=O) groups excluding carboxylic acids is 1. The summed E-state index contributed by atoms with van der Waals surface area (Å²) in [7, 11) is 0. The maximum absolute atomic E-state index is 10.9. The van der Waals surface area contributed by atoms with E-state index in [9.17, 15) is 4.79 Å². The summed E-state index contributed by atoms with van der Waals surface area (Å²) in [4.78, 5) is 10.9. The zero-order valence-electron chi connectivity index (χ0n) is 8.44. The van der Waals surface area contributed by atoms with Gasteiger partial charge in [0.15, 0.2) is 0 Å². The molecule has 1 N–H and O–H groups in total. The molecule has 0 rings (SSSR count). The normalized spacial score (nSPS) is 11.3. The van der Waals surface area contributed by atoms with Gasteiger partial charge in [0.1, 0.15) is 0 Å². The average Bonchev–Trinajstić information content (AvgIpc) is 2.00. The van der Waals surface area contributed by atoms with Gasteiger partial charge in [-0.1, -0.05) is 6.92 Å². The Morgan fingerprint density at radius 1 is 1.42 bits per heavy atom. The van der Waals surface area contributed by atoms with Crippen molar-refractivity contribution in [2.75, 3.05) is 13.2 Å². The fourth-order valence-electron chi connectivity index (χ4n) is 0.878. The molecule has 0 atom stereocenters. The average molecular weight is 173 g/mol. The Hall–Kier alpha value is -0.570. The molecule has 0 aliphatic heterocycles. The van der Waals surface area contributed by atoms with Crippen LogP contribution in [0.4, 0.5) is 0 Å². The van der Waals surface area contributed by atoms with Crippen LogP contribution >= 0.6 is 0 Å². The smallest absolute Gasteiger partial charge is 0.219 e. The standard InChI is InChI=1S/C9H19NO2/c1-5-8(11)10-7-9(3,4)12-6-2/h5-7H2,1-4H3,(H,10,11). The molecule has 0 heterocycles. The van der Waals surface area contributed by atoms with Crippen molar-refractivity contribution in [2.24, 2.45) is 0 Å². The largest absolute Gasteiger partial charge is 0.374 e. The Balaban J connectivity index is 3.67. The third kappa shape index (κ3) is 5.13. The molecule has 3 heteroatoms. The van der Waals surface area contributed by atoms with Crippen LogP contribution < -0.4 is 5.32 Å². The molecule has 0 bridgehead atoms. The third-order valence-corrected chi connectivity index (χ3v) is 1.57. The van der Waals surface area contributed by atoms with E-state index >= 15 is 0 Å². The Bertz CT molecular complexity index is 143. The number of rotatable bonds is 5. The quantitative estimate of drug-likeness (QED) is 0.681. The molecule has 0 aromatic rings. The molecular formula is C9H19NO2. The van der Waals surface area contributed by atoms with Gasteiger partial charge in [-0.3, -0.25) is 4.79 Å². The molecule has 12 heavy (non-hydrogen) atoms. The van der Waals surface area contributed by atoms with Crippen molar-refractivity contribution < 1.29 is 9.53 Å². The number of hydrogen-bond acceptors (Lipinski definition) is 2. The summed E-state index contributed by atoms with van der Waals surface area (Å²) in [5.74, 6) is 0.0720. The molecule has 0 saturated heterocycles. The van der Waals surface area contributed by atoms with Crippen LogP contribution in [-0.4, -0.2) is 24.7 Å². The van der Waals surface area contributed by atoms with Crippen LogP contribution in [-0.2, 0) is 9.53 Å². The zero-order valence-corrected chi connectivity index (χ0v) is 8.44. The minimum atomic E-state index is -0.250. The minimum absolute atomic E-state index is 0.0720. The number of carbonyl (C=O) groups is 1. The lowest BCUT2D eigenvalue weighted by Crippen LogP contribution is -2.40. The van der Waals surface area contributed by atoms with Gasteiger partial charge in [0.2, 0.25) is 5.91 Å². The highest BCUT2D eigenvalue weighted by Crippen LogP contribution is 2.06. The predicted octanol–water partition coefficient (Wildman–Crippen LogP) is 1.33. The van der Waals surface area contributed by atoms with Crippen molar-refractivity contribution in [3.8, 4) is 0 Å². The van der Waals surface area contributed by atoms with Gasteiger partial charge in [-0.25, -0.2) is 0 Å². The van der Waals surface area contributed by atoms with Crippen molar-refractivity contribution in [1.82, 2.24) is 5.32 Å². The minimum Gasteiger partial charge on any atom is -0.374 e. The highest BCUT2D eigenvalue weighted by Gasteiger charge is 2.17. The van der Waals surface area contributed by atoms with E-state index in [0.717, 1.165) is 0 Å². The van der Waals surface area contributed by atoms with Crippen LogP contribution in [0, 0.1) is 0 Å². The topological polar surface area (TPSA) is 38.3 Å². The monoisotopic (exact) mass is 173 g/mol. The molecule has 0 saturated carbocycles. The number of ether oxygens (including phenoxy) is 1. The van der Waals surface area contributed by atoms with Crippen LogP contribution in [0.1, 0.15) is 34.1 Å². The van der Waals surface area contributed by atoms with Gasteiger partial charge >= 0.3 is 0 Å². The zero-order chi connectivity index (χ0) is 9.61. The second kappa shape index (κ2) is 5.14. The number of amides is 1. The van der Waals surface area contributed by atoms with Crippen molar-refractivity contribution in [1.29, 1.82) is 0 Å². The molecule has 0 fully saturated rings. The molecule has 0 aromatic heterocycles. The molecule has 1 amide bonds. The molecule has 0 unspecified atom stereocenters. The van der Waals surface area contributed by atoms with Gasteiger partial charge < -0.3 is 10.1 Å². The van der Waals surface area contributed by atoms with Gasteiger partial charge in [0, 0.05) is 19.6 Å². The van der Waals surface area contributed by atoms with E-state index in [0.29, 0.717) is 19.6 Å². The van der Waals surface area contributed by atoms with E-state index in [1.807, 2.05) is 27.7 Å². The van der Waals surface area contributed by atoms with Crippen molar-refractivity contribution in [3.05, 3.63) is 0 Å². The lowest BCUT2D eigenvalue weighted by atomic mass is 10.1. The Morgan fingerprint density at radius 2 is 2.00 bits per heavy atom. The number of nitrogens with one attached hydrogen (secondary N) is 1. The summed E-state index contributed by atoms with van der Waals surface area (Å²) in [6.45, 7) is 8.97. The van der Waals surface area contributed by atoms with Crippen LogP contribution in [0.5, 0.6) is 0 Å². The summed E-state index contributed by atoms with van der Waals surface area (Å²) in [5, 5.41) is 2.79. The Kier molecular flexibility index (Phi) is 4.90. The van der Waals surface area contributed by atoms with Gasteiger partial charge in [-0.15, -0.1) is 0 Å². The lowest BCUT2D eigenvalue weighted by Gasteiger charge is -2.24. The molecule has 0 aliphatic carbocycles. The molecule has 0 radical (unpaired) electrons. The van der Waals surface area contributed by atoms with Crippen LogP contribution in [0.3, 0.4) is 0 Å². The highest BCUT2D eigenvalue weighted by atomic mass is 16.5. The fourth-order valence-corrected chi connectivity index (χ4v) is 0.878. The van der Waals surface area contributed by atoms with Crippen LogP contribution in [0.2, 0.25) is 0 Å². The SMILES string of the molecule is CCOC(C)(C)CNC(=O)CC. The van der Waals surface area contributed by atoms with E-state index in [-0.39, 0.29) is 11.5 Å². The maximum Gasteiger partial charge on any atom is 0.219 e. The van der Waals surface area contributed by atoms with Crippen LogP contribution in [0.15, 0.2) is 0 Å². The molecule has 0 aliphatic rings. The molecular weight excluding hydrogens is 154 g/mol. The van der Waals surface area contributed by atoms with Gasteiger partial charge in [-0.05, 0) is 20.8 Å². The highest BCUT2D eigenvalue weighted by molar-refractivity contribution is 5.75. The van der Waals surface area contributed by atoms with Crippen molar-refractivity contribution >= 4 is 5.91 Å². The van der Waals surface area contributed by atoms with Gasteiger partial charge in [0.25, 0.3) is 0 Å². The third-order valence-electron chi connectivity index (χ3n) is 1.57. The summed E-state index contributed by atoms with van der Waals surface area (Å²) < 4.78 is 5.41.